The molecule has 3 N–H and O–H groups in total. The first-order chi connectivity index (χ1) is 11.4. The summed E-state index contributed by atoms with van der Waals surface area (Å²) in [5.41, 5.74) is 2.44. The monoisotopic (exact) mass is 344 g/mol. The van der Waals surface area contributed by atoms with Crippen molar-refractivity contribution < 1.29 is 13.2 Å². The number of nitrogens with zero attached hydrogens (tertiary/aromatic N) is 1. The van der Waals surface area contributed by atoms with Crippen molar-refractivity contribution >= 4 is 32.7 Å². The van der Waals surface area contributed by atoms with Gasteiger partial charge in [-0.05, 0) is 30.3 Å². The maximum absolute atomic E-state index is 12.2. The van der Waals surface area contributed by atoms with E-state index in [1.165, 1.54) is 6.07 Å². The van der Waals surface area contributed by atoms with E-state index in [2.05, 4.69) is 20.0 Å². The largest absolute Gasteiger partial charge is 0.345 e. The van der Waals surface area contributed by atoms with E-state index in [-0.39, 0.29) is 12.5 Å². The van der Waals surface area contributed by atoms with Crippen LogP contribution >= 0.6 is 0 Å². The highest BCUT2D eigenvalue weighted by atomic mass is 32.2. The third kappa shape index (κ3) is 3.90. The van der Waals surface area contributed by atoms with Crippen LogP contribution in [0.25, 0.3) is 11.0 Å². The number of hydrogen-bond acceptors (Lipinski definition) is 4. The molecule has 7 nitrogen and oxygen atoms in total. The first-order valence-corrected chi connectivity index (χ1v) is 9.09. The fourth-order valence-corrected chi connectivity index (χ4v) is 2.85. The average molecular weight is 344 g/mol. The predicted molar refractivity (Wildman–Crippen MR) is 92.2 cm³/mol. The number of carbonyl (C=O) groups is 1. The van der Waals surface area contributed by atoms with Crippen LogP contribution in [0.15, 0.2) is 48.5 Å². The number of aromatic nitrogens is 2. The van der Waals surface area contributed by atoms with Crippen molar-refractivity contribution in [2.75, 3.05) is 11.0 Å². The zero-order valence-corrected chi connectivity index (χ0v) is 13.7. The number of fused-ring (bicyclic) bond motifs is 1. The van der Waals surface area contributed by atoms with Crippen LogP contribution in [0.4, 0.5) is 5.69 Å². The Balaban J connectivity index is 1.69. The molecule has 0 aliphatic heterocycles. The van der Waals surface area contributed by atoms with Crippen molar-refractivity contribution in [1.82, 2.24) is 15.3 Å². The van der Waals surface area contributed by atoms with Gasteiger partial charge in [0.25, 0.3) is 5.91 Å². The first-order valence-electron chi connectivity index (χ1n) is 7.20. The van der Waals surface area contributed by atoms with Crippen LogP contribution in [0.3, 0.4) is 0 Å². The molecule has 124 valence electrons. The molecule has 0 spiro atoms. The fraction of sp³-hybridized carbons (Fsp3) is 0.125. The molecule has 3 rings (SSSR count). The smallest absolute Gasteiger partial charge is 0.251 e. The normalized spacial score (nSPS) is 11.4. The number of carbonyl (C=O) groups excluding carboxylic acids is 1. The molecule has 24 heavy (non-hydrogen) atoms. The molecule has 0 fully saturated rings. The molecular formula is C16H16N4O3S. The maximum Gasteiger partial charge on any atom is 0.251 e. The zero-order chi connectivity index (χ0) is 17.2. The summed E-state index contributed by atoms with van der Waals surface area (Å²) in [6.07, 6.45) is 1.06. The molecule has 0 aliphatic rings. The van der Waals surface area contributed by atoms with E-state index in [0.29, 0.717) is 17.1 Å². The highest BCUT2D eigenvalue weighted by Crippen LogP contribution is 2.13. The van der Waals surface area contributed by atoms with Gasteiger partial charge in [-0.1, -0.05) is 18.2 Å². The van der Waals surface area contributed by atoms with Gasteiger partial charge in [-0.2, -0.15) is 0 Å². The van der Waals surface area contributed by atoms with Gasteiger partial charge in [-0.25, -0.2) is 13.4 Å². The Morgan fingerprint density at radius 3 is 2.71 bits per heavy atom. The van der Waals surface area contributed by atoms with Crippen LogP contribution in [0.5, 0.6) is 0 Å². The molecule has 1 amide bonds. The second kappa shape index (κ2) is 6.32. The van der Waals surface area contributed by atoms with Gasteiger partial charge in [-0.15, -0.1) is 0 Å². The topological polar surface area (TPSA) is 104 Å². The Labute approximate surface area is 139 Å². The lowest BCUT2D eigenvalue weighted by molar-refractivity contribution is 0.0950. The van der Waals surface area contributed by atoms with E-state index in [4.69, 9.17) is 0 Å². The Morgan fingerprint density at radius 2 is 1.96 bits per heavy atom. The van der Waals surface area contributed by atoms with Crippen LogP contribution in [-0.2, 0) is 16.6 Å². The molecule has 0 radical (unpaired) electrons. The molecule has 1 aromatic heterocycles. The molecule has 2 aromatic carbocycles. The third-order valence-corrected chi connectivity index (χ3v) is 3.89. The minimum absolute atomic E-state index is 0.247. The Bertz CT molecular complexity index is 962. The number of sulfonamides is 1. The van der Waals surface area contributed by atoms with Gasteiger partial charge < -0.3 is 10.3 Å². The first kappa shape index (κ1) is 16.0. The van der Waals surface area contributed by atoms with Crippen molar-refractivity contribution in [3.8, 4) is 0 Å². The Hall–Kier alpha value is -2.87. The number of H-pyrrole nitrogens is 1. The number of imidazole rings is 1. The summed E-state index contributed by atoms with van der Waals surface area (Å²) in [6, 6.07) is 13.9. The zero-order valence-electron chi connectivity index (χ0n) is 12.9. The van der Waals surface area contributed by atoms with Crippen molar-refractivity contribution in [2.45, 2.75) is 6.54 Å². The summed E-state index contributed by atoms with van der Waals surface area (Å²) in [7, 11) is -3.39. The second-order valence-corrected chi connectivity index (χ2v) is 7.09. The molecule has 0 aliphatic carbocycles. The lowest BCUT2D eigenvalue weighted by Crippen LogP contribution is -2.23. The Kier molecular flexibility index (Phi) is 4.22. The minimum Gasteiger partial charge on any atom is -0.345 e. The van der Waals surface area contributed by atoms with Crippen LogP contribution in [0, 0.1) is 0 Å². The predicted octanol–water partition coefficient (Wildman–Crippen LogP) is 1.86. The van der Waals surface area contributed by atoms with E-state index in [0.717, 1.165) is 17.3 Å². The third-order valence-electron chi connectivity index (χ3n) is 3.28. The van der Waals surface area contributed by atoms with Gasteiger partial charge in [0.15, 0.2) is 0 Å². The Morgan fingerprint density at radius 1 is 1.17 bits per heavy atom. The highest BCUT2D eigenvalue weighted by Gasteiger charge is 2.09. The van der Waals surface area contributed by atoms with Crippen LogP contribution < -0.4 is 10.0 Å². The molecule has 0 bridgehead atoms. The summed E-state index contributed by atoms with van der Waals surface area (Å²) >= 11 is 0. The van der Waals surface area contributed by atoms with E-state index in [1.807, 2.05) is 24.3 Å². The van der Waals surface area contributed by atoms with E-state index in [9.17, 15) is 13.2 Å². The highest BCUT2D eigenvalue weighted by molar-refractivity contribution is 7.92. The quantitative estimate of drug-likeness (QED) is 0.657. The lowest BCUT2D eigenvalue weighted by atomic mass is 10.2. The van der Waals surface area contributed by atoms with Crippen LogP contribution in [0.1, 0.15) is 16.2 Å². The summed E-state index contributed by atoms with van der Waals surface area (Å²) in [6.45, 7) is 0.247. The number of amides is 1. The molecule has 0 saturated heterocycles. The number of benzene rings is 2. The average Bonchev–Trinajstić information content (AvgIpc) is 2.94. The standard InChI is InChI=1S/C16H16N4O3S/c1-24(22,23)20-12-6-4-5-11(9-12)16(21)17-10-15-18-13-7-2-3-8-14(13)19-15/h2-9,20H,10H2,1H3,(H,17,21)(H,18,19). The fourth-order valence-electron chi connectivity index (χ4n) is 2.29. The molecule has 0 saturated carbocycles. The lowest BCUT2D eigenvalue weighted by Gasteiger charge is -2.07. The maximum atomic E-state index is 12.2. The number of nitrogens with one attached hydrogen (secondary N) is 3. The van der Waals surface area contributed by atoms with Gasteiger partial charge >= 0.3 is 0 Å². The van der Waals surface area contributed by atoms with Crippen LogP contribution in [-0.4, -0.2) is 30.5 Å². The number of hydrogen-bond donors (Lipinski definition) is 3. The number of para-hydroxylation sites is 2. The summed E-state index contributed by atoms with van der Waals surface area (Å²) in [5.74, 6) is 0.336. The molecule has 8 heteroatoms. The van der Waals surface area contributed by atoms with E-state index >= 15 is 0 Å². The van der Waals surface area contributed by atoms with Gasteiger partial charge in [-0.3, -0.25) is 9.52 Å². The molecule has 3 aromatic rings. The van der Waals surface area contributed by atoms with Gasteiger partial charge in [0, 0.05) is 11.3 Å². The van der Waals surface area contributed by atoms with E-state index in [1.54, 1.807) is 18.2 Å². The van der Waals surface area contributed by atoms with Crippen LogP contribution in [0.2, 0.25) is 0 Å². The van der Waals surface area contributed by atoms with Gasteiger partial charge in [0.1, 0.15) is 5.82 Å². The second-order valence-electron chi connectivity index (χ2n) is 5.34. The summed E-state index contributed by atoms with van der Waals surface area (Å²) in [4.78, 5) is 19.7. The van der Waals surface area contributed by atoms with Crippen molar-refractivity contribution in [3.63, 3.8) is 0 Å². The molecular weight excluding hydrogens is 328 g/mol. The molecule has 0 atom stereocenters. The number of rotatable bonds is 5. The van der Waals surface area contributed by atoms with E-state index < -0.39 is 10.0 Å². The SMILES string of the molecule is CS(=O)(=O)Nc1cccc(C(=O)NCc2nc3ccccc3[nH]2)c1. The van der Waals surface area contributed by atoms with Gasteiger partial charge in [0.2, 0.25) is 10.0 Å². The van der Waals surface area contributed by atoms with Gasteiger partial charge in [0.05, 0.1) is 23.8 Å². The van der Waals surface area contributed by atoms with Crippen molar-refractivity contribution in [3.05, 3.63) is 59.9 Å². The van der Waals surface area contributed by atoms with Crippen molar-refractivity contribution in [1.29, 1.82) is 0 Å². The molecule has 1 heterocycles. The summed E-state index contributed by atoms with van der Waals surface area (Å²) < 4.78 is 24.8. The number of anilines is 1. The van der Waals surface area contributed by atoms with Crippen molar-refractivity contribution in [2.24, 2.45) is 0 Å². The summed E-state index contributed by atoms with van der Waals surface area (Å²) in [5, 5.41) is 2.76. The molecule has 0 unspecified atom stereocenters. The number of aromatic amines is 1. The minimum atomic E-state index is -3.39.